The average molecular weight is 312 g/mol. The number of rotatable bonds is 4. The molecule has 0 unspecified atom stereocenters. The predicted octanol–water partition coefficient (Wildman–Crippen LogP) is 2.79. The summed E-state index contributed by atoms with van der Waals surface area (Å²) in [6, 6.07) is 0.363. The molecule has 0 aromatic carbocycles. The Morgan fingerprint density at radius 2 is 1.86 bits per heavy atom. The Hall–Kier alpha value is -0.810. The van der Waals surface area contributed by atoms with Crippen molar-refractivity contribution in [3.8, 4) is 0 Å². The van der Waals surface area contributed by atoms with Crippen molar-refractivity contribution in [1.82, 2.24) is 10.2 Å². The third-order valence-electron chi connectivity index (χ3n) is 4.95. The average Bonchev–Trinajstić information content (AvgIpc) is 2.49. The van der Waals surface area contributed by atoms with E-state index in [1.165, 1.54) is 0 Å². The van der Waals surface area contributed by atoms with Crippen LogP contribution in [0.3, 0.4) is 0 Å². The highest BCUT2D eigenvalue weighted by Crippen LogP contribution is 2.23. The molecule has 2 fully saturated rings. The van der Waals surface area contributed by atoms with Crippen LogP contribution in [0.4, 0.5) is 4.79 Å². The molecule has 1 saturated carbocycles. The molecule has 0 aromatic rings. The molecule has 2 aliphatic rings. The summed E-state index contributed by atoms with van der Waals surface area (Å²) in [6.45, 7) is 7.89. The van der Waals surface area contributed by atoms with Crippen LogP contribution in [0.15, 0.2) is 0 Å². The van der Waals surface area contributed by atoms with E-state index in [1.807, 2.05) is 4.90 Å². The van der Waals surface area contributed by atoms with Gasteiger partial charge < -0.3 is 19.7 Å². The van der Waals surface area contributed by atoms with Gasteiger partial charge in [0.2, 0.25) is 0 Å². The minimum absolute atomic E-state index is 0.0715. The third kappa shape index (κ3) is 4.85. The lowest BCUT2D eigenvalue weighted by Crippen LogP contribution is -2.52. The number of nitrogens with zero attached hydrogens (tertiary/aromatic N) is 1. The second-order valence-corrected chi connectivity index (χ2v) is 7.09. The monoisotopic (exact) mass is 312 g/mol. The van der Waals surface area contributed by atoms with Gasteiger partial charge in [-0.05, 0) is 51.9 Å². The highest BCUT2D eigenvalue weighted by molar-refractivity contribution is 5.74. The van der Waals surface area contributed by atoms with Crippen LogP contribution < -0.4 is 5.32 Å². The van der Waals surface area contributed by atoms with Gasteiger partial charge in [0.1, 0.15) is 0 Å². The molecular weight excluding hydrogens is 280 g/mol. The number of ether oxygens (including phenoxy) is 2. The molecule has 0 aromatic heterocycles. The van der Waals surface area contributed by atoms with Crippen molar-refractivity contribution in [3.63, 3.8) is 0 Å². The fourth-order valence-corrected chi connectivity index (χ4v) is 3.52. The third-order valence-corrected chi connectivity index (χ3v) is 4.95. The maximum Gasteiger partial charge on any atom is 0.317 e. The van der Waals surface area contributed by atoms with Crippen LogP contribution in [-0.2, 0) is 9.47 Å². The van der Waals surface area contributed by atoms with Crippen molar-refractivity contribution >= 4 is 6.03 Å². The summed E-state index contributed by atoms with van der Waals surface area (Å²) in [6.07, 6.45) is 5.94. The maximum atomic E-state index is 12.4. The molecule has 1 aliphatic heterocycles. The Balaban J connectivity index is 1.74. The fraction of sp³-hybridized carbons (Fsp3) is 0.941. The molecule has 1 heterocycles. The smallest absolute Gasteiger partial charge is 0.317 e. The normalized spacial score (nSPS) is 33.0. The van der Waals surface area contributed by atoms with Gasteiger partial charge in [-0.2, -0.15) is 0 Å². The molecule has 5 nitrogen and oxygen atoms in total. The van der Waals surface area contributed by atoms with E-state index in [-0.39, 0.29) is 18.2 Å². The van der Waals surface area contributed by atoms with E-state index >= 15 is 0 Å². The van der Waals surface area contributed by atoms with Crippen LogP contribution in [0.2, 0.25) is 0 Å². The first-order valence-corrected chi connectivity index (χ1v) is 8.73. The zero-order valence-corrected chi connectivity index (χ0v) is 14.5. The molecule has 2 atom stereocenters. The molecule has 128 valence electrons. The van der Waals surface area contributed by atoms with E-state index in [9.17, 15) is 4.79 Å². The molecule has 1 saturated heterocycles. The van der Waals surface area contributed by atoms with E-state index < -0.39 is 0 Å². The number of carbonyl (C=O) groups is 1. The lowest BCUT2D eigenvalue weighted by Gasteiger charge is -2.37. The number of methoxy groups -OCH3 is 1. The number of nitrogens with one attached hydrogen (secondary N) is 1. The van der Waals surface area contributed by atoms with E-state index in [0.717, 1.165) is 38.6 Å². The van der Waals surface area contributed by atoms with Gasteiger partial charge in [0.25, 0.3) is 0 Å². The SMILES string of the molecule is CO[C@@H]1CN(C(=O)NC2CCC(OC(C)C)CC2)CC[C@H]1C. The highest BCUT2D eigenvalue weighted by atomic mass is 16.5. The topological polar surface area (TPSA) is 50.8 Å². The maximum absolute atomic E-state index is 12.4. The van der Waals surface area contributed by atoms with E-state index in [2.05, 4.69) is 26.1 Å². The standard InChI is InChI=1S/C17H32N2O3/c1-12(2)22-15-7-5-14(6-8-15)18-17(20)19-10-9-13(3)16(11-19)21-4/h12-16H,5-11H2,1-4H3,(H,18,20)/t13-,14?,15?,16-/m1/s1. The second kappa shape index (κ2) is 8.16. The Bertz CT molecular complexity index is 354. The summed E-state index contributed by atoms with van der Waals surface area (Å²) in [5, 5.41) is 3.20. The number of hydrogen-bond acceptors (Lipinski definition) is 3. The highest BCUT2D eigenvalue weighted by Gasteiger charge is 2.30. The zero-order valence-electron chi connectivity index (χ0n) is 14.5. The van der Waals surface area contributed by atoms with Gasteiger partial charge in [-0.25, -0.2) is 4.79 Å². The Morgan fingerprint density at radius 3 is 2.45 bits per heavy atom. The minimum atomic E-state index is 0.0715. The minimum Gasteiger partial charge on any atom is -0.379 e. The van der Waals surface area contributed by atoms with Gasteiger partial charge in [0.15, 0.2) is 0 Å². The summed E-state index contributed by atoms with van der Waals surface area (Å²) >= 11 is 0. The van der Waals surface area contributed by atoms with Crippen molar-refractivity contribution in [2.45, 2.75) is 77.2 Å². The Labute approximate surface area is 134 Å². The predicted molar refractivity (Wildman–Crippen MR) is 86.9 cm³/mol. The number of amides is 2. The van der Waals surface area contributed by atoms with Gasteiger partial charge in [-0.15, -0.1) is 0 Å². The van der Waals surface area contributed by atoms with Gasteiger partial charge in [-0.1, -0.05) is 6.92 Å². The molecule has 0 spiro atoms. The molecule has 2 amide bonds. The van der Waals surface area contributed by atoms with Gasteiger partial charge in [0.05, 0.1) is 18.3 Å². The zero-order chi connectivity index (χ0) is 16.1. The molecule has 1 aliphatic carbocycles. The fourth-order valence-electron chi connectivity index (χ4n) is 3.52. The molecule has 1 N–H and O–H groups in total. The van der Waals surface area contributed by atoms with Crippen LogP contribution in [0.1, 0.15) is 52.9 Å². The summed E-state index contributed by atoms with van der Waals surface area (Å²) in [7, 11) is 1.73. The van der Waals surface area contributed by atoms with Crippen molar-refractivity contribution in [1.29, 1.82) is 0 Å². The first kappa shape index (κ1) is 17.5. The first-order chi connectivity index (χ1) is 10.5. The number of urea groups is 1. The van der Waals surface area contributed by atoms with Gasteiger partial charge >= 0.3 is 6.03 Å². The molecular formula is C17H32N2O3. The van der Waals surface area contributed by atoms with Crippen molar-refractivity contribution in [2.75, 3.05) is 20.2 Å². The van der Waals surface area contributed by atoms with E-state index in [1.54, 1.807) is 7.11 Å². The van der Waals surface area contributed by atoms with E-state index in [0.29, 0.717) is 24.6 Å². The number of carbonyl (C=O) groups excluding carboxylic acids is 1. The Kier molecular flexibility index (Phi) is 6.50. The van der Waals surface area contributed by atoms with Crippen LogP contribution in [0.25, 0.3) is 0 Å². The first-order valence-electron chi connectivity index (χ1n) is 8.73. The Morgan fingerprint density at radius 1 is 1.18 bits per heavy atom. The molecule has 22 heavy (non-hydrogen) atoms. The second-order valence-electron chi connectivity index (χ2n) is 7.09. The van der Waals surface area contributed by atoms with Crippen LogP contribution in [0.5, 0.6) is 0 Å². The summed E-state index contributed by atoms with van der Waals surface area (Å²) in [5.41, 5.74) is 0. The van der Waals surface area contributed by atoms with Crippen LogP contribution in [0, 0.1) is 5.92 Å². The van der Waals surface area contributed by atoms with Crippen molar-refractivity contribution in [3.05, 3.63) is 0 Å². The van der Waals surface area contributed by atoms with Crippen LogP contribution in [-0.4, -0.2) is 55.5 Å². The van der Waals surface area contributed by atoms with Gasteiger partial charge in [-0.3, -0.25) is 0 Å². The largest absolute Gasteiger partial charge is 0.379 e. The summed E-state index contributed by atoms with van der Waals surface area (Å²) in [4.78, 5) is 14.3. The van der Waals surface area contributed by atoms with Crippen LogP contribution >= 0.6 is 0 Å². The molecule has 0 bridgehead atoms. The number of piperidine rings is 1. The molecule has 5 heteroatoms. The number of hydrogen-bond donors (Lipinski definition) is 1. The lowest BCUT2D eigenvalue weighted by atomic mass is 9.92. The van der Waals surface area contributed by atoms with Crippen molar-refractivity contribution < 1.29 is 14.3 Å². The molecule has 0 radical (unpaired) electrons. The summed E-state index contributed by atoms with van der Waals surface area (Å²) in [5.74, 6) is 0.526. The molecule has 2 rings (SSSR count). The van der Waals surface area contributed by atoms with Gasteiger partial charge in [0, 0.05) is 26.2 Å². The van der Waals surface area contributed by atoms with Crippen molar-refractivity contribution in [2.24, 2.45) is 5.92 Å². The number of likely N-dealkylation sites (tertiary alicyclic amines) is 1. The van der Waals surface area contributed by atoms with E-state index in [4.69, 9.17) is 9.47 Å². The summed E-state index contributed by atoms with van der Waals surface area (Å²) < 4.78 is 11.3. The lowest BCUT2D eigenvalue weighted by molar-refractivity contribution is -0.0166. The quantitative estimate of drug-likeness (QED) is 0.868.